The second-order valence-electron chi connectivity index (χ2n) is 11.4. The van der Waals surface area contributed by atoms with E-state index < -0.39 is 54.0 Å². The predicted octanol–water partition coefficient (Wildman–Crippen LogP) is 6.10. The minimum atomic E-state index is -4.92. The molecule has 6 nitrogen and oxygen atoms in total. The van der Waals surface area contributed by atoms with Crippen molar-refractivity contribution in [3.8, 4) is 5.75 Å². The second-order valence-corrected chi connectivity index (χ2v) is 11.4. The Labute approximate surface area is 220 Å². The first-order valence-electron chi connectivity index (χ1n) is 13.0. The maximum absolute atomic E-state index is 15.4. The van der Waals surface area contributed by atoms with Gasteiger partial charge in [-0.1, -0.05) is 26.0 Å². The number of carboxylic acid groups (broad SMARTS) is 1. The Hall–Kier alpha value is -2.62. The predicted molar refractivity (Wildman–Crippen MR) is 132 cm³/mol. The molecule has 1 aromatic rings. The van der Waals surface area contributed by atoms with Crippen LogP contribution in [0.25, 0.3) is 0 Å². The number of nitrogens with zero attached hydrogens (tertiary/aromatic N) is 1. The lowest BCUT2D eigenvalue weighted by Gasteiger charge is -2.40. The van der Waals surface area contributed by atoms with Crippen molar-refractivity contribution in [1.29, 1.82) is 0 Å². The van der Waals surface area contributed by atoms with Crippen LogP contribution in [0.15, 0.2) is 24.3 Å². The summed E-state index contributed by atoms with van der Waals surface area (Å²) in [6, 6.07) is 0.629. The molecule has 1 aromatic carbocycles. The molecule has 1 amide bonds. The molecule has 1 saturated heterocycles. The van der Waals surface area contributed by atoms with Gasteiger partial charge in [0.1, 0.15) is 17.6 Å². The average molecular weight is 542 g/mol. The smallest absolute Gasteiger partial charge is 0.419 e. The van der Waals surface area contributed by atoms with E-state index >= 15 is 4.39 Å². The third-order valence-corrected chi connectivity index (χ3v) is 8.45. The number of hydrogen-bond donors (Lipinski definition) is 1. The number of halogens is 4. The van der Waals surface area contributed by atoms with Gasteiger partial charge in [0.05, 0.1) is 18.7 Å². The van der Waals surface area contributed by atoms with Crippen molar-refractivity contribution < 1.29 is 41.7 Å². The molecule has 210 valence electrons. The number of allylic oxidation sites excluding steroid dienone is 1. The third-order valence-electron chi connectivity index (χ3n) is 8.45. The molecule has 38 heavy (non-hydrogen) atoms. The van der Waals surface area contributed by atoms with Gasteiger partial charge in [0.15, 0.2) is 5.60 Å². The van der Waals surface area contributed by atoms with E-state index in [0.29, 0.717) is 28.7 Å². The summed E-state index contributed by atoms with van der Waals surface area (Å²) in [4.78, 5) is 25.7. The van der Waals surface area contributed by atoms with Gasteiger partial charge in [0.2, 0.25) is 0 Å². The number of amides is 1. The highest BCUT2D eigenvalue weighted by molar-refractivity contribution is 5.98. The first-order chi connectivity index (χ1) is 17.7. The van der Waals surface area contributed by atoms with Gasteiger partial charge in [-0.3, -0.25) is 4.79 Å². The number of benzene rings is 1. The van der Waals surface area contributed by atoms with Crippen LogP contribution in [0.3, 0.4) is 0 Å². The van der Waals surface area contributed by atoms with Gasteiger partial charge in [0.25, 0.3) is 5.91 Å². The van der Waals surface area contributed by atoms with Crippen LogP contribution in [-0.2, 0) is 9.53 Å². The Morgan fingerprint density at radius 2 is 1.92 bits per heavy atom. The first kappa shape index (κ1) is 28.4. The molecule has 0 spiro atoms. The van der Waals surface area contributed by atoms with Gasteiger partial charge in [-0.05, 0) is 62.0 Å². The van der Waals surface area contributed by atoms with Crippen molar-refractivity contribution in [2.75, 3.05) is 20.3 Å². The number of aliphatic carboxylic acids is 1. The standard InChI is InChI=1S/C28H35F4NO5/c1-5-26(11-16(2)8-17(3)12-26)15-38-23-10-21(29)20(9-19(23)18-6-7-18)24(34)33-14-27(37-4,28(30,31)32)13-22(33)25(35)36/h9-10,17-18,22H,2,5-8,11-15H2,1,3-4H3,(H,35,36)/t17?,22-,26?,27?/m0/s1. The number of ether oxygens (including phenoxy) is 2. The van der Waals surface area contributed by atoms with Crippen molar-refractivity contribution in [1.82, 2.24) is 4.90 Å². The lowest BCUT2D eigenvalue weighted by molar-refractivity contribution is -0.263. The molecule has 10 heteroatoms. The Morgan fingerprint density at radius 3 is 2.45 bits per heavy atom. The molecule has 3 unspecified atom stereocenters. The van der Waals surface area contributed by atoms with Gasteiger partial charge in [-0.15, -0.1) is 0 Å². The number of hydrogen-bond acceptors (Lipinski definition) is 4. The number of carbonyl (C=O) groups is 2. The van der Waals surface area contributed by atoms with Crippen molar-refractivity contribution in [2.45, 2.75) is 82.5 Å². The van der Waals surface area contributed by atoms with E-state index in [2.05, 4.69) is 20.4 Å². The van der Waals surface area contributed by atoms with Gasteiger partial charge >= 0.3 is 12.1 Å². The van der Waals surface area contributed by atoms with Gasteiger partial charge in [-0.25, -0.2) is 9.18 Å². The van der Waals surface area contributed by atoms with Gasteiger partial charge in [-0.2, -0.15) is 13.2 Å². The number of methoxy groups -OCH3 is 1. The van der Waals surface area contributed by atoms with Crippen molar-refractivity contribution >= 4 is 11.9 Å². The van der Waals surface area contributed by atoms with Crippen LogP contribution in [0.1, 0.15) is 80.6 Å². The molecular weight excluding hydrogens is 506 g/mol. The monoisotopic (exact) mass is 541 g/mol. The molecule has 4 atom stereocenters. The fourth-order valence-electron chi connectivity index (χ4n) is 6.20. The topological polar surface area (TPSA) is 76.1 Å². The molecule has 1 aliphatic heterocycles. The van der Waals surface area contributed by atoms with E-state index in [-0.39, 0.29) is 11.3 Å². The molecular formula is C28H35F4NO5. The van der Waals surface area contributed by atoms with Crippen LogP contribution in [0, 0.1) is 17.2 Å². The highest BCUT2D eigenvalue weighted by Gasteiger charge is 2.64. The molecule has 3 fully saturated rings. The minimum Gasteiger partial charge on any atom is -0.493 e. The summed E-state index contributed by atoms with van der Waals surface area (Å²) in [5, 5.41) is 9.58. The Bertz CT molecular complexity index is 1120. The number of carbonyl (C=O) groups excluding carboxylic acids is 1. The summed E-state index contributed by atoms with van der Waals surface area (Å²) >= 11 is 0. The van der Waals surface area contributed by atoms with E-state index in [1.54, 1.807) is 0 Å². The lowest BCUT2D eigenvalue weighted by Crippen LogP contribution is -2.49. The van der Waals surface area contributed by atoms with Crippen molar-refractivity contribution in [3.63, 3.8) is 0 Å². The number of likely N-dealkylation sites (tertiary alicyclic amines) is 1. The maximum Gasteiger partial charge on any atom is 0.419 e. The summed E-state index contributed by atoms with van der Waals surface area (Å²) < 4.78 is 67.7. The molecule has 0 bridgehead atoms. The van der Waals surface area contributed by atoms with E-state index in [1.165, 1.54) is 6.07 Å². The number of rotatable bonds is 8. The Morgan fingerprint density at radius 1 is 1.24 bits per heavy atom. The first-order valence-corrected chi connectivity index (χ1v) is 13.0. The quantitative estimate of drug-likeness (QED) is 0.318. The molecule has 1 N–H and O–H groups in total. The van der Waals surface area contributed by atoms with Crippen LogP contribution >= 0.6 is 0 Å². The largest absolute Gasteiger partial charge is 0.493 e. The van der Waals surface area contributed by atoms with Crippen LogP contribution in [-0.4, -0.2) is 60.0 Å². The maximum atomic E-state index is 15.4. The highest BCUT2D eigenvalue weighted by atomic mass is 19.4. The third kappa shape index (κ3) is 5.28. The fraction of sp³-hybridized carbons (Fsp3) is 0.643. The van der Waals surface area contributed by atoms with Crippen molar-refractivity contribution in [3.05, 3.63) is 41.2 Å². The number of carboxylic acids is 1. The summed E-state index contributed by atoms with van der Waals surface area (Å²) in [6.07, 6.45) is -0.682. The summed E-state index contributed by atoms with van der Waals surface area (Å²) in [5.41, 5.74) is -1.67. The van der Waals surface area contributed by atoms with E-state index in [1.807, 2.05) is 0 Å². The minimum absolute atomic E-state index is 0.0389. The molecule has 0 radical (unpaired) electrons. The van der Waals surface area contributed by atoms with E-state index in [9.17, 15) is 27.9 Å². The normalized spacial score (nSPS) is 30.0. The van der Waals surface area contributed by atoms with Crippen LogP contribution in [0.4, 0.5) is 17.6 Å². The zero-order valence-electron chi connectivity index (χ0n) is 22.0. The Kier molecular flexibility index (Phi) is 7.60. The summed E-state index contributed by atoms with van der Waals surface area (Å²) in [6.45, 7) is 7.75. The summed E-state index contributed by atoms with van der Waals surface area (Å²) in [7, 11) is 0.823. The SMILES string of the molecule is C=C1CC(C)CC(CC)(COc2cc(F)c(C(=O)N3CC(OC)(C(F)(F)F)C[C@H]3C(=O)O)cc2C2CC2)C1. The van der Waals surface area contributed by atoms with E-state index in [4.69, 9.17) is 9.47 Å². The zero-order chi connectivity index (χ0) is 28.0. The highest BCUT2D eigenvalue weighted by Crippen LogP contribution is 2.48. The Balaban J connectivity index is 1.63. The molecule has 2 aliphatic carbocycles. The average Bonchev–Trinajstić information content (AvgIpc) is 3.59. The van der Waals surface area contributed by atoms with Crippen LogP contribution in [0.2, 0.25) is 0 Å². The lowest BCUT2D eigenvalue weighted by atomic mass is 9.67. The van der Waals surface area contributed by atoms with Crippen molar-refractivity contribution in [2.24, 2.45) is 11.3 Å². The zero-order valence-corrected chi connectivity index (χ0v) is 22.0. The van der Waals surface area contributed by atoms with E-state index in [0.717, 1.165) is 57.3 Å². The molecule has 4 rings (SSSR count). The van der Waals surface area contributed by atoms with Crippen LogP contribution < -0.4 is 4.74 Å². The van der Waals surface area contributed by atoms with Gasteiger partial charge in [0, 0.05) is 25.0 Å². The fourth-order valence-corrected chi connectivity index (χ4v) is 6.20. The molecule has 3 aliphatic rings. The summed E-state index contributed by atoms with van der Waals surface area (Å²) in [5.74, 6) is -2.88. The molecule has 1 heterocycles. The van der Waals surface area contributed by atoms with Crippen LogP contribution in [0.5, 0.6) is 5.75 Å². The molecule has 0 aromatic heterocycles. The van der Waals surface area contributed by atoms with Gasteiger partial charge < -0.3 is 19.5 Å². The number of alkyl halides is 3. The molecule has 2 saturated carbocycles. The second kappa shape index (κ2) is 10.2.